The summed E-state index contributed by atoms with van der Waals surface area (Å²) >= 11 is -0.208. The van der Waals surface area contributed by atoms with Crippen LogP contribution in [0, 0.1) is 0 Å². The molecule has 0 heterocycles. The molecule has 5 heavy (non-hydrogen) atoms. The molecule has 0 amide bonds. The fraction of sp³-hybridized carbons (Fsp3) is 1.00. The molecule has 0 nitrogen and oxygen atoms in total. The Hall–Kier alpha value is 0.348. The first-order chi connectivity index (χ1) is 2.00. The van der Waals surface area contributed by atoms with Gasteiger partial charge in [0.25, 0.3) is 0 Å². The topological polar surface area (TPSA) is 0 Å². The summed E-state index contributed by atoms with van der Waals surface area (Å²) < 4.78 is 31.1. The maximum atomic E-state index is 10.4. The van der Waals surface area contributed by atoms with Crippen LogP contribution < -0.4 is 0 Å². The zero-order valence-corrected chi connectivity index (χ0v) is 4.63. The monoisotopic (exact) mass is 146 g/mol. The molecule has 0 spiro atoms. The summed E-state index contributed by atoms with van der Waals surface area (Å²) in [6.07, 6.45) is 0. The molecule has 0 aromatic carbocycles. The maximum absolute atomic E-state index is 10.4. The summed E-state index contributed by atoms with van der Waals surface area (Å²) in [7, 11) is 0. The average molecular weight is 146 g/mol. The van der Waals surface area contributed by atoms with E-state index in [9.17, 15) is 13.2 Å². The second-order valence-corrected chi connectivity index (χ2v) is 1.92. The Balaban J connectivity index is 3.02. The van der Waals surface area contributed by atoms with Crippen LogP contribution in [0.2, 0.25) is 0 Å². The van der Waals surface area contributed by atoms with Gasteiger partial charge in [-0.15, -0.1) is 0 Å². The van der Waals surface area contributed by atoms with Gasteiger partial charge in [0, 0.05) is 0 Å². The van der Waals surface area contributed by atoms with E-state index in [1.807, 2.05) is 0 Å². The summed E-state index contributed by atoms with van der Waals surface area (Å²) in [4.78, 5) is -3.94. The second kappa shape index (κ2) is 1.21. The summed E-state index contributed by atoms with van der Waals surface area (Å²) in [5, 5.41) is 0. The first-order valence-corrected chi connectivity index (χ1v) is 2.07. The van der Waals surface area contributed by atoms with Crippen LogP contribution in [0.15, 0.2) is 0 Å². The molecule has 0 bridgehead atoms. The van der Waals surface area contributed by atoms with Crippen molar-refractivity contribution < 1.29 is 13.2 Å². The van der Waals surface area contributed by atoms with Crippen LogP contribution in [-0.4, -0.2) is 21.8 Å². The van der Waals surface area contributed by atoms with Gasteiger partial charge in [0.15, 0.2) is 0 Å². The van der Waals surface area contributed by atoms with Crippen LogP contribution in [-0.2, 0) is 0 Å². The van der Waals surface area contributed by atoms with Gasteiger partial charge in [-0.2, -0.15) is 0 Å². The summed E-state index contributed by atoms with van der Waals surface area (Å²) in [6.45, 7) is 0. The number of halogens is 3. The van der Waals surface area contributed by atoms with Crippen LogP contribution in [0.5, 0.6) is 0 Å². The Morgan fingerprint density at radius 1 is 1.20 bits per heavy atom. The van der Waals surface area contributed by atoms with E-state index in [1.165, 1.54) is 0 Å². The van der Waals surface area contributed by atoms with Gasteiger partial charge < -0.3 is 0 Å². The Kier molecular flexibility index (Phi) is 1.29. The molecule has 1 atom stereocenters. The van der Waals surface area contributed by atoms with Gasteiger partial charge in [0.05, 0.1) is 0 Å². The molecule has 32 valence electrons. The van der Waals surface area contributed by atoms with Crippen molar-refractivity contribution in [1.29, 1.82) is 0 Å². The van der Waals surface area contributed by atoms with E-state index < -0.39 is 4.96 Å². The van der Waals surface area contributed by atoms with Crippen molar-refractivity contribution in [3.05, 3.63) is 0 Å². The summed E-state index contributed by atoms with van der Waals surface area (Å²) in [5.74, 6) is 0. The van der Waals surface area contributed by atoms with Crippen LogP contribution in [0.25, 0.3) is 0 Å². The summed E-state index contributed by atoms with van der Waals surface area (Å²) in [6, 6.07) is 0. The molecular formula is CH2AsF3. The molecule has 1 unspecified atom stereocenters. The molecule has 0 rings (SSSR count). The average Bonchev–Trinajstić information content (AvgIpc) is 0.722. The number of rotatable bonds is 0. The molecule has 0 N–H and O–H groups in total. The van der Waals surface area contributed by atoms with Crippen LogP contribution in [0.4, 0.5) is 13.2 Å². The fourth-order valence-corrected chi connectivity index (χ4v) is 0. The SMILES string of the molecule is FC(F)(F)[AsH2]. The molecule has 0 saturated carbocycles. The molecule has 0 aliphatic heterocycles. The predicted octanol–water partition coefficient (Wildman–Crippen LogP) is 0.139. The molecule has 0 saturated heterocycles. The minimum absolute atomic E-state index is 0.208. The third kappa shape index (κ3) is 198. The van der Waals surface area contributed by atoms with Crippen molar-refractivity contribution in [2.45, 2.75) is 4.96 Å². The van der Waals surface area contributed by atoms with E-state index in [0.29, 0.717) is 0 Å². The number of hydrogen-bond donors (Lipinski definition) is 0. The van der Waals surface area contributed by atoms with Gasteiger partial charge in [-0.3, -0.25) is 0 Å². The van der Waals surface area contributed by atoms with Crippen molar-refractivity contribution in [3.8, 4) is 0 Å². The van der Waals surface area contributed by atoms with Gasteiger partial charge in [-0.1, -0.05) is 0 Å². The first-order valence-electron chi connectivity index (χ1n) is 0.856. The Morgan fingerprint density at radius 2 is 1.20 bits per heavy atom. The third-order valence-corrected chi connectivity index (χ3v) is 0. The number of hydrogen-bond acceptors (Lipinski definition) is 0. The Morgan fingerprint density at radius 3 is 1.20 bits per heavy atom. The van der Waals surface area contributed by atoms with E-state index in [0.717, 1.165) is 0 Å². The molecule has 0 aliphatic carbocycles. The van der Waals surface area contributed by atoms with Gasteiger partial charge in [-0.25, -0.2) is 0 Å². The van der Waals surface area contributed by atoms with Gasteiger partial charge in [0.1, 0.15) is 0 Å². The molecule has 0 aliphatic rings. The second-order valence-electron chi connectivity index (χ2n) is 0.542. The summed E-state index contributed by atoms with van der Waals surface area (Å²) in [5.41, 5.74) is 0. The Labute approximate surface area is 35.9 Å². The van der Waals surface area contributed by atoms with E-state index in [2.05, 4.69) is 0 Å². The normalized spacial score (nSPS) is 12.0. The van der Waals surface area contributed by atoms with Crippen molar-refractivity contribution in [2.75, 3.05) is 0 Å². The van der Waals surface area contributed by atoms with Crippen molar-refractivity contribution >= 4 is 16.9 Å². The van der Waals surface area contributed by atoms with Gasteiger partial charge in [0.2, 0.25) is 0 Å². The van der Waals surface area contributed by atoms with Gasteiger partial charge >= 0.3 is 35.0 Å². The molecule has 4 heteroatoms. The molecule has 0 aromatic heterocycles. The van der Waals surface area contributed by atoms with E-state index in [4.69, 9.17) is 0 Å². The molecular weight excluding hydrogens is 144 g/mol. The number of alkyl halides is 3. The van der Waals surface area contributed by atoms with Crippen molar-refractivity contribution in [2.24, 2.45) is 0 Å². The van der Waals surface area contributed by atoms with E-state index in [-0.39, 0.29) is 16.9 Å². The van der Waals surface area contributed by atoms with Crippen LogP contribution >= 0.6 is 0 Å². The van der Waals surface area contributed by atoms with Gasteiger partial charge in [-0.05, 0) is 0 Å². The first kappa shape index (κ1) is 5.35. The quantitative estimate of drug-likeness (QED) is 0.426. The van der Waals surface area contributed by atoms with Crippen LogP contribution in [0.1, 0.15) is 0 Å². The van der Waals surface area contributed by atoms with E-state index >= 15 is 0 Å². The Bertz CT molecular complexity index is 22.4. The molecule has 0 radical (unpaired) electrons. The molecule has 0 aromatic rings. The fourth-order valence-electron chi connectivity index (χ4n) is 0. The standard InChI is InChI=1S/CH2AsF3/c2-1(3,4)5/h2H2. The van der Waals surface area contributed by atoms with Crippen LogP contribution in [0.3, 0.4) is 0 Å². The minimum atomic E-state index is -3.94. The zero-order valence-electron chi connectivity index (χ0n) is 2.21. The zero-order chi connectivity index (χ0) is 4.50. The third-order valence-electron chi connectivity index (χ3n) is 0. The van der Waals surface area contributed by atoms with Crippen molar-refractivity contribution in [1.82, 2.24) is 0 Å². The molecule has 0 fully saturated rings. The van der Waals surface area contributed by atoms with E-state index in [1.54, 1.807) is 0 Å². The van der Waals surface area contributed by atoms with Crippen molar-refractivity contribution in [3.63, 3.8) is 0 Å². The predicted molar refractivity (Wildman–Crippen MR) is 14.6 cm³/mol.